The third-order valence-electron chi connectivity index (χ3n) is 9.49. The first-order valence-corrected chi connectivity index (χ1v) is 13.7. The average Bonchev–Trinajstić information content (AvgIpc) is 3.56. The summed E-state index contributed by atoms with van der Waals surface area (Å²) < 4.78 is 5.09. The molecule has 37 heavy (non-hydrogen) atoms. The Hall–Kier alpha value is -2.77. The smallest absolute Gasteiger partial charge is 0.246 e. The van der Waals surface area contributed by atoms with Crippen molar-refractivity contribution in [1.29, 1.82) is 0 Å². The van der Waals surface area contributed by atoms with Gasteiger partial charge in [0.1, 0.15) is 0 Å². The average molecular weight is 509 g/mol. The van der Waals surface area contributed by atoms with Gasteiger partial charge in [-0.05, 0) is 88.1 Å². The van der Waals surface area contributed by atoms with Crippen LogP contribution in [-0.4, -0.2) is 68.8 Å². The van der Waals surface area contributed by atoms with Crippen molar-refractivity contribution in [2.24, 2.45) is 5.92 Å². The van der Waals surface area contributed by atoms with E-state index in [4.69, 9.17) is 4.42 Å². The number of phenolic OH excluding ortho intramolecular Hbond substituents is 2. The van der Waals surface area contributed by atoms with Crippen LogP contribution in [0.4, 0.5) is 0 Å². The van der Waals surface area contributed by atoms with Crippen molar-refractivity contribution in [1.82, 2.24) is 9.80 Å². The lowest BCUT2D eigenvalue weighted by Gasteiger charge is -2.62. The lowest BCUT2D eigenvalue weighted by molar-refractivity contribution is -0.168. The maximum absolute atomic E-state index is 13.2. The molecule has 1 aromatic heterocycles. The molecule has 1 aliphatic heterocycles. The van der Waals surface area contributed by atoms with Gasteiger partial charge >= 0.3 is 0 Å². The molecule has 3 fully saturated rings. The first-order valence-electron chi connectivity index (χ1n) is 13.7. The maximum atomic E-state index is 13.2. The van der Waals surface area contributed by atoms with E-state index in [9.17, 15) is 20.1 Å². The van der Waals surface area contributed by atoms with Crippen molar-refractivity contribution < 1.29 is 24.5 Å². The minimum atomic E-state index is -1.09. The molecule has 2 aromatic rings. The summed E-state index contributed by atoms with van der Waals surface area (Å²) in [6, 6.07) is 4.99. The Kier molecular flexibility index (Phi) is 6.88. The summed E-state index contributed by atoms with van der Waals surface area (Å²) >= 11 is 0. The molecular weight excluding hydrogens is 468 g/mol. The standard InChI is InChI=1S/C30H40N2O5/c1-4-23-8-9-25(33)28(35)27(23)29-14-15-32(18-21-5-6-21)20(2)30(29,36)13-11-24(17-29)31(3)26(34)10-7-22-12-16-37-19-22/h7-10,12,16,19-21,24,33,35-36H,4-6,11,13-15,17-18H2,1-3H3/b10-7+/t20-,24?,29-,30-/m1/s1. The zero-order valence-corrected chi connectivity index (χ0v) is 22.2. The van der Waals surface area contributed by atoms with Gasteiger partial charge in [-0.15, -0.1) is 0 Å². The highest BCUT2D eigenvalue weighted by molar-refractivity contribution is 5.91. The second kappa shape index (κ2) is 9.84. The molecule has 0 bridgehead atoms. The number of carbonyl (C=O) groups excluding carboxylic acids is 1. The molecule has 3 N–H and O–H groups in total. The molecule has 7 heteroatoms. The van der Waals surface area contributed by atoms with E-state index in [1.807, 2.05) is 20.0 Å². The van der Waals surface area contributed by atoms with Crippen molar-refractivity contribution in [2.75, 3.05) is 20.1 Å². The molecule has 7 nitrogen and oxygen atoms in total. The molecule has 2 aliphatic carbocycles. The summed E-state index contributed by atoms with van der Waals surface area (Å²) in [5, 5.41) is 34.4. The molecule has 5 rings (SSSR count). The van der Waals surface area contributed by atoms with Gasteiger partial charge in [0.15, 0.2) is 11.5 Å². The molecule has 1 unspecified atom stereocenters. The number of aliphatic hydroxyl groups is 1. The third kappa shape index (κ3) is 4.46. The summed E-state index contributed by atoms with van der Waals surface area (Å²) in [6.45, 7) is 5.95. The molecule has 2 saturated carbocycles. The molecule has 1 saturated heterocycles. The normalized spacial score (nSPS) is 30.4. The largest absolute Gasteiger partial charge is 0.504 e. The Labute approximate surface area is 219 Å². The zero-order valence-electron chi connectivity index (χ0n) is 22.2. The minimum absolute atomic E-state index is 0.101. The molecule has 2 heterocycles. The van der Waals surface area contributed by atoms with E-state index >= 15 is 0 Å². The lowest BCUT2D eigenvalue weighted by Crippen LogP contribution is -2.71. The van der Waals surface area contributed by atoms with Gasteiger partial charge in [0, 0.05) is 48.3 Å². The quantitative estimate of drug-likeness (QED) is 0.378. The number of hydrogen-bond acceptors (Lipinski definition) is 6. The van der Waals surface area contributed by atoms with E-state index < -0.39 is 11.0 Å². The van der Waals surface area contributed by atoms with Crippen LogP contribution in [0.25, 0.3) is 6.08 Å². The fraction of sp³-hybridized carbons (Fsp3) is 0.567. The third-order valence-corrected chi connectivity index (χ3v) is 9.49. The number of hydrogen-bond donors (Lipinski definition) is 3. The van der Waals surface area contributed by atoms with E-state index in [0.29, 0.717) is 43.6 Å². The number of rotatable bonds is 7. The molecule has 4 atom stereocenters. The van der Waals surface area contributed by atoms with E-state index in [2.05, 4.69) is 11.8 Å². The number of aromatic hydroxyl groups is 2. The van der Waals surface area contributed by atoms with Gasteiger partial charge in [-0.3, -0.25) is 9.69 Å². The van der Waals surface area contributed by atoms with E-state index in [0.717, 1.165) is 24.2 Å². The number of amides is 1. The van der Waals surface area contributed by atoms with Crippen LogP contribution < -0.4 is 0 Å². The number of fused-ring (bicyclic) bond motifs is 1. The van der Waals surface area contributed by atoms with Gasteiger partial charge in [0.05, 0.1) is 18.1 Å². The van der Waals surface area contributed by atoms with Crippen molar-refractivity contribution in [2.45, 2.75) is 81.9 Å². The van der Waals surface area contributed by atoms with Crippen molar-refractivity contribution in [3.63, 3.8) is 0 Å². The minimum Gasteiger partial charge on any atom is -0.504 e. The van der Waals surface area contributed by atoms with Crippen molar-refractivity contribution in [3.05, 3.63) is 53.5 Å². The zero-order chi connectivity index (χ0) is 26.4. The molecule has 3 aliphatic rings. The second-order valence-electron chi connectivity index (χ2n) is 11.4. The first-order chi connectivity index (χ1) is 17.7. The lowest BCUT2D eigenvalue weighted by atomic mass is 9.52. The van der Waals surface area contributed by atoms with Crippen LogP contribution in [0.5, 0.6) is 11.5 Å². The van der Waals surface area contributed by atoms with Crippen LogP contribution in [0.1, 0.15) is 69.1 Å². The SMILES string of the molecule is CCc1ccc(O)c(O)c1[C@]12CCN(CC3CC3)[C@H](C)[C@]1(O)CCC(N(C)C(=O)/C=C/c1ccoc1)C2. The van der Waals surface area contributed by atoms with Gasteiger partial charge in [-0.1, -0.05) is 13.0 Å². The maximum Gasteiger partial charge on any atom is 0.246 e. The highest BCUT2D eigenvalue weighted by atomic mass is 16.3. The Morgan fingerprint density at radius 2 is 2.00 bits per heavy atom. The summed E-state index contributed by atoms with van der Waals surface area (Å²) in [5.41, 5.74) is 0.542. The van der Waals surface area contributed by atoms with Gasteiger partial charge in [0.2, 0.25) is 5.91 Å². The molecule has 1 amide bonds. The number of furan rings is 1. The molecule has 200 valence electrons. The number of carbonyl (C=O) groups is 1. The van der Waals surface area contributed by atoms with Gasteiger partial charge in [-0.25, -0.2) is 0 Å². The molecule has 0 radical (unpaired) electrons. The van der Waals surface area contributed by atoms with Gasteiger partial charge < -0.3 is 24.6 Å². The van der Waals surface area contributed by atoms with Gasteiger partial charge in [-0.2, -0.15) is 0 Å². The second-order valence-corrected chi connectivity index (χ2v) is 11.4. The number of likely N-dealkylation sites (N-methyl/N-ethyl adjacent to an activating group) is 1. The van der Waals surface area contributed by atoms with E-state index in [1.54, 1.807) is 35.6 Å². The molecule has 0 spiro atoms. The number of piperidine rings is 1. The van der Waals surface area contributed by atoms with E-state index in [1.165, 1.54) is 18.9 Å². The van der Waals surface area contributed by atoms with Crippen molar-refractivity contribution >= 4 is 12.0 Å². The first kappa shape index (κ1) is 25.9. The number of benzene rings is 1. The number of likely N-dealkylation sites (tertiary alicyclic amines) is 1. The van der Waals surface area contributed by atoms with Crippen LogP contribution in [0.3, 0.4) is 0 Å². The summed E-state index contributed by atoms with van der Waals surface area (Å²) in [4.78, 5) is 17.3. The Morgan fingerprint density at radius 3 is 2.68 bits per heavy atom. The van der Waals surface area contributed by atoms with Crippen LogP contribution in [0.15, 0.2) is 41.2 Å². The highest BCUT2D eigenvalue weighted by Crippen LogP contribution is 2.58. The highest BCUT2D eigenvalue weighted by Gasteiger charge is 2.62. The monoisotopic (exact) mass is 508 g/mol. The molecular formula is C30H40N2O5. The van der Waals surface area contributed by atoms with Crippen LogP contribution in [0, 0.1) is 5.92 Å². The van der Waals surface area contributed by atoms with Crippen molar-refractivity contribution in [3.8, 4) is 11.5 Å². The fourth-order valence-electron chi connectivity index (χ4n) is 7.01. The topological polar surface area (TPSA) is 97.4 Å². The Bertz CT molecular complexity index is 1160. The summed E-state index contributed by atoms with van der Waals surface area (Å²) in [5.74, 6) is 0.310. The molecule has 1 aromatic carbocycles. The number of aryl methyl sites for hydroxylation is 1. The number of nitrogens with zero attached hydrogens (tertiary/aromatic N) is 2. The van der Waals surface area contributed by atoms with Crippen LogP contribution >= 0.6 is 0 Å². The Balaban J connectivity index is 1.52. The van der Waals surface area contributed by atoms with Crippen LogP contribution in [-0.2, 0) is 16.6 Å². The fourth-order valence-corrected chi connectivity index (χ4v) is 7.01. The summed E-state index contributed by atoms with van der Waals surface area (Å²) in [6.07, 6.45) is 12.0. The predicted octanol–water partition coefficient (Wildman–Crippen LogP) is 4.45. The van der Waals surface area contributed by atoms with Gasteiger partial charge in [0.25, 0.3) is 0 Å². The van der Waals surface area contributed by atoms with Crippen LogP contribution in [0.2, 0.25) is 0 Å². The predicted molar refractivity (Wildman–Crippen MR) is 142 cm³/mol. The summed E-state index contributed by atoms with van der Waals surface area (Å²) in [7, 11) is 1.82. The Morgan fingerprint density at radius 1 is 1.22 bits per heavy atom. The number of phenols is 2. The van der Waals surface area contributed by atoms with E-state index in [-0.39, 0.29) is 29.5 Å².